The van der Waals surface area contributed by atoms with Gasteiger partial charge in [0, 0.05) is 16.8 Å². The summed E-state index contributed by atoms with van der Waals surface area (Å²) < 4.78 is 2.13. The van der Waals surface area contributed by atoms with Crippen LogP contribution in [0.15, 0.2) is 78.9 Å². The molecule has 1 heterocycles. The van der Waals surface area contributed by atoms with Gasteiger partial charge < -0.3 is 0 Å². The first-order valence-electron chi connectivity index (χ1n) is 9.35. The van der Waals surface area contributed by atoms with Crippen LogP contribution in [0, 0.1) is 6.07 Å². The summed E-state index contributed by atoms with van der Waals surface area (Å²) in [6.07, 6.45) is 1.13. The van der Waals surface area contributed by atoms with Gasteiger partial charge in [0.2, 0.25) is 0 Å². The Bertz CT molecular complexity index is 946. The summed E-state index contributed by atoms with van der Waals surface area (Å²) in [4.78, 5) is 0. The molecule has 0 aliphatic heterocycles. The third-order valence-corrected chi connectivity index (χ3v) is 5.00. The fraction of sp³-hybridized carbons (Fsp3) is 0.167. The Balaban J connectivity index is 1.88. The van der Waals surface area contributed by atoms with Crippen molar-refractivity contribution in [3.05, 3.63) is 90.5 Å². The lowest BCUT2D eigenvalue weighted by Crippen LogP contribution is -2.01. The molecule has 1 aromatic heterocycles. The summed E-state index contributed by atoms with van der Waals surface area (Å²) in [6, 6.07) is 29.9. The number of nitrogens with zero attached hydrogens (tertiary/aromatic N) is 3. The van der Waals surface area contributed by atoms with E-state index in [1.54, 1.807) is 0 Å². The van der Waals surface area contributed by atoms with E-state index in [9.17, 15) is 0 Å². The van der Waals surface area contributed by atoms with Crippen molar-refractivity contribution >= 4 is 0 Å². The summed E-state index contributed by atoms with van der Waals surface area (Å²) in [5.41, 5.74) is 4.49. The van der Waals surface area contributed by atoms with Gasteiger partial charge in [0.15, 0.2) is 11.6 Å². The van der Waals surface area contributed by atoms with Gasteiger partial charge in [-0.15, -0.1) is 10.2 Å². The molecule has 0 amide bonds. The predicted molar refractivity (Wildman–Crippen MR) is 110 cm³/mol. The molecule has 0 aliphatic carbocycles. The molecule has 0 saturated carbocycles. The van der Waals surface area contributed by atoms with Gasteiger partial charge in [-0.1, -0.05) is 80.6 Å². The average Bonchev–Trinajstić information content (AvgIpc) is 3.20. The van der Waals surface area contributed by atoms with Crippen LogP contribution in [-0.4, -0.2) is 14.8 Å². The van der Waals surface area contributed by atoms with Crippen LogP contribution in [-0.2, 0) is 0 Å². The standard InChI is InChI=1S/C24H22N3/c1-3-18(2)19-14-16-22(17-15-19)27-23(20-10-6-4-7-11-20)25-26-24(27)21-12-8-5-9-13-21/h4,6-18H,3H2,1-2H3. The zero-order valence-corrected chi connectivity index (χ0v) is 15.6. The second-order valence-corrected chi connectivity index (χ2v) is 6.74. The van der Waals surface area contributed by atoms with Crippen molar-refractivity contribution in [3.8, 4) is 28.5 Å². The van der Waals surface area contributed by atoms with Crippen molar-refractivity contribution in [2.24, 2.45) is 0 Å². The van der Waals surface area contributed by atoms with Crippen molar-refractivity contribution < 1.29 is 0 Å². The van der Waals surface area contributed by atoms with Crippen molar-refractivity contribution in [3.63, 3.8) is 0 Å². The van der Waals surface area contributed by atoms with E-state index in [-0.39, 0.29) is 0 Å². The monoisotopic (exact) mass is 352 g/mol. The van der Waals surface area contributed by atoms with Crippen LogP contribution < -0.4 is 0 Å². The van der Waals surface area contributed by atoms with E-state index in [1.165, 1.54) is 5.56 Å². The van der Waals surface area contributed by atoms with Gasteiger partial charge in [-0.25, -0.2) is 0 Å². The highest BCUT2D eigenvalue weighted by molar-refractivity contribution is 5.66. The van der Waals surface area contributed by atoms with Crippen LogP contribution >= 0.6 is 0 Å². The van der Waals surface area contributed by atoms with Crippen LogP contribution in [0.2, 0.25) is 0 Å². The fourth-order valence-corrected chi connectivity index (χ4v) is 3.21. The van der Waals surface area contributed by atoms with Crippen LogP contribution in [0.3, 0.4) is 0 Å². The molecule has 0 aliphatic rings. The zero-order chi connectivity index (χ0) is 18.6. The van der Waals surface area contributed by atoms with E-state index in [4.69, 9.17) is 0 Å². The quantitative estimate of drug-likeness (QED) is 0.447. The van der Waals surface area contributed by atoms with Crippen LogP contribution in [0.4, 0.5) is 0 Å². The van der Waals surface area contributed by atoms with Gasteiger partial charge in [0.1, 0.15) is 0 Å². The van der Waals surface area contributed by atoms with Crippen molar-refractivity contribution in [1.82, 2.24) is 14.8 Å². The molecule has 0 saturated heterocycles. The molecule has 0 fully saturated rings. The summed E-state index contributed by atoms with van der Waals surface area (Å²) in [6.45, 7) is 4.48. The van der Waals surface area contributed by atoms with Crippen LogP contribution in [0.5, 0.6) is 0 Å². The fourth-order valence-electron chi connectivity index (χ4n) is 3.21. The highest BCUT2D eigenvalue weighted by Gasteiger charge is 2.17. The SMILES string of the molecule is CCC(C)c1ccc(-n2c(-c3cc[c]cc3)nnc2-c2ccccc2)cc1. The van der Waals surface area contributed by atoms with Gasteiger partial charge >= 0.3 is 0 Å². The summed E-state index contributed by atoms with van der Waals surface area (Å²) in [7, 11) is 0. The molecule has 3 nitrogen and oxygen atoms in total. The highest BCUT2D eigenvalue weighted by Crippen LogP contribution is 2.29. The van der Waals surface area contributed by atoms with Crippen molar-refractivity contribution in [2.45, 2.75) is 26.2 Å². The normalized spacial score (nSPS) is 12.1. The Morgan fingerprint density at radius 1 is 0.815 bits per heavy atom. The summed E-state index contributed by atoms with van der Waals surface area (Å²) in [5, 5.41) is 9.03. The van der Waals surface area contributed by atoms with Crippen LogP contribution in [0.25, 0.3) is 28.5 Å². The Labute approximate surface area is 160 Å². The number of benzene rings is 3. The molecule has 0 bridgehead atoms. The molecule has 0 N–H and O–H groups in total. The lowest BCUT2D eigenvalue weighted by atomic mass is 9.98. The van der Waals surface area contributed by atoms with E-state index < -0.39 is 0 Å². The van der Waals surface area contributed by atoms with Gasteiger partial charge in [0.25, 0.3) is 0 Å². The van der Waals surface area contributed by atoms with E-state index in [1.807, 2.05) is 42.5 Å². The number of aromatic nitrogens is 3. The Kier molecular flexibility index (Phi) is 4.84. The van der Waals surface area contributed by atoms with Crippen molar-refractivity contribution in [1.29, 1.82) is 0 Å². The zero-order valence-electron chi connectivity index (χ0n) is 15.6. The Hall–Kier alpha value is -3.20. The molecule has 1 unspecified atom stereocenters. The van der Waals surface area contributed by atoms with E-state index in [2.05, 4.69) is 71.1 Å². The third-order valence-electron chi connectivity index (χ3n) is 5.00. The first kappa shape index (κ1) is 17.2. The van der Waals surface area contributed by atoms with Gasteiger partial charge in [-0.05, 0) is 36.1 Å². The first-order valence-corrected chi connectivity index (χ1v) is 9.35. The molecule has 3 aromatic carbocycles. The maximum Gasteiger partial charge on any atom is 0.168 e. The third kappa shape index (κ3) is 3.41. The van der Waals surface area contributed by atoms with Gasteiger partial charge in [-0.3, -0.25) is 4.57 Å². The molecule has 27 heavy (non-hydrogen) atoms. The number of hydrogen-bond donors (Lipinski definition) is 0. The molecule has 1 radical (unpaired) electrons. The molecule has 0 spiro atoms. The molecule has 4 aromatic rings. The van der Waals surface area contributed by atoms with Crippen molar-refractivity contribution in [2.75, 3.05) is 0 Å². The molecule has 4 rings (SSSR count). The number of hydrogen-bond acceptors (Lipinski definition) is 2. The second kappa shape index (κ2) is 7.58. The van der Waals surface area contributed by atoms with E-state index in [0.717, 1.165) is 34.9 Å². The average molecular weight is 352 g/mol. The molecular weight excluding hydrogens is 330 g/mol. The maximum absolute atomic E-state index is 4.52. The minimum Gasteiger partial charge on any atom is -0.275 e. The maximum atomic E-state index is 4.52. The first-order chi connectivity index (χ1) is 13.3. The Morgan fingerprint density at radius 3 is 2.00 bits per heavy atom. The molecular formula is C24H22N3. The smallest absolute Gasteiger partial charge is 0.168 e. The topological polar surface area (TPSA) is 30.7 Å². The minimum absolute atomic E-state index is 0.553. The van der Waals surface area contributed by atoms with Gasteiger partial charge in [0.05, 0.1) is 0 Å². The molecule has 3 heteroatoms. The Morgan fingerprint density at radius 2 is 1.41 bits per heavy atom. The number of rotatable bonds is 5. The van der Waals surface area contributed by atoms with Crippen LogP contribution in [0.1, 0.15) is 31.7 Å². The minimum atomic E-state index is 0.553. The summed E-state index contributed by atoms with van der Waals surface area (Å²) in [5.74, 6) is 2.23. The van der Waals surface area contributed by atoms with E-state index in [0.29, 0.717) is 5.92 Å². The lowest BCUT2D eigenvalue weighted by molar-refractivity contribution is 0.733. The van der Waals surface area contributed by atoms with Gasteiger partial charge in [-0.2, -0.15) is 0 Å². The molecule has 1 atom stereocenters. The van der Waals surface area contributed by atoms with E-state index >= 15 is 0 Å². The predicted octanol–water partition coefficient (Wildman–Crippen LogP) is 5.91. The molecule has 133 valence electrons. The summed E-state index contributed by atoms with van der Waals surface area (Å²) >= 11 is 0. The lowest BCUT2D eigenvalue weighted by Gasteiger charge is -2.13. The second-order valence-electron chi connectivity index (χ2n) is 6.74. The highest BCUT2D eigenvalue weighted by atomic mass is 15.3. The largest absolute Gasteiger partial charge is 0.275 e.